The molecule has 2 aliphatic carbocycles. The standard InChI is InChI=1S/C21H39N5O2.HI/c1-5-26-12-7-9-16(26)14-22-20(23-15-19(27)25(3)4)24-17-13-18(28-6-2)21(17)10-8-11-21;/h16-18H,5-15H2,1-4H3,(H2,22,23,24);1H. The molecule has 3 aliphatic rings. The highest BCUT2D eigenvalue weighted by molar-refractivity contribution is 14.0. The monoisotopic (exact) mass is 521 g/mol. The van der Waals surface area contributed by atoms with E-state index in [-0.39, 0.29) is 41.8 Å². The Balaban J connectivity index is 0.00000300. The molecule has 3 fully saturated rings. The van der Waals surface area contributed by atoms with Crippen LogP contribution in [0.2, 0.25) is 0 Å². The fourth-order valence-corrected chi connectivity index (χ4v) is 5.00. The summed E-state index contributed by atoms with van der Waals surface area (Å²) in [6, 6.07) is 0.946. The summed E-state index contributed by atoms with van der Waals surface area (Å²) in [7, 11) is 3.55. The van der Waals surface area contributed by atoms with Gasteiger partial charge < -0.3 is 20.3 Å². The quantitative estimate of drug-likeness (QED) is 0.291. The summed E-state index contributed by atoms with van der Waals surface area (Å²) in [6.07, 6.45) is 7.64. The number of carbonyl (C=O) groups excluding carboxylic acids is 1. The van der Waals surface area contributed by atoms with Crippen molar-refractivity contribution >= 4 is 35.8 Å². The zero-order valence-corrected chi connectivity index (χ0v) is 20.9. The number of nitrogens with one attached hydrogen (secondary N) is 2. The second-order valence-corrected chi connectivity index (χ2v) is 8.72. The number of likely N-dealkylation sites (tertiary alicyclic amines) is 1. The van der Waals surface area contributed by atoms with E-state index in [0.717, 1.165) is 32.1 Å². The highest BCUT2D eigenvalue weighted by Crippen LogP contribution is 2.57. The summed E-state index contributed by atoms with van der Waals surface area (Å²) in [5.74, 6) is 0.806. The van der Waals surface area contributed by atoms with Gasteiger partial charge in [-0.2, -0.15) is 0 Å². The minimum Gasteiger partial charge on any atom is -0.378 e. The summed E-state index contributed by atoms with van der Waals surface area (Å²) in [5.41, 5.74) is 0.271. The molecule has 0 aromatic rings. The smallest absolute Gasteiger partial charge is 0.243 e. The molecule has 2 saturated carbocycles. The molecule has 29 heavy (non-hydrogen) atoms. The molecule has 7 nitrogen and oxygen atoms in total. The molecule has 1 amide bonds. The van der Waals surface area contributed by atoms with Crippen molar-refractivity contribution in [3.8, 4) is 0 Å². The lowest BCUT2D eigenvalue weighted by molar-refractivity contribution is -0.168. The first-order valence-corrected chi connectivity index (χ1v) is 11.1. The van der Waals surface area contributed by atoms with Crippen LogP contribution in [-0.4, -0.2) is 86.7 Å². The van der Waals surface area contributed by atoms with Crippen LogP contribution in [0.1, 0.15) is 52.4 Å². The molecule has 3 unspecified atom stereocenters. The number of guanidine groups is 1. The van der Waals surface area contributed by atoms with Crippen molar-refractivity contribution in [3.63, 3.8) is 0 Å². The predicted molar refractivity (Wildman–Crippen MR) is 128 cm³/mol. The molecule has 3 rings (SSSR count). The lowest BCUT2D eigenvalue weighted by atomic mass is 9.51. The van der Waals surface area contributed by atoms with Crippen LogP contribution in [-0.2, 0) is 9.53 Å². The van der Waals surface area contributed by atoms with E-state index in [2.05, 4.69) is 34.4 Å². The van der Waals surface area contributed by atoms with Gasteiger partial charge in [0.2, 0.25) is 5.91 Å². The third-order valence-electron chi connectivity index (χ3n) is 7.03. The maximum atomic E-state index is 12.0. The molecular weight excluding hydrogens is 481 g/mol. The minimum absolute atomic E-state index is 0. The molecule has 0 bridgehead atoms. The van der Waals surface area contributed by atoms with E-state index in [1.165, 1.54) is 38.6 Å². The first-order valence-electron chi connectivity index (χ1n) is 11.1. The van der Waals surface area contributed by atoms with Crippen molar-refractivity contribution in [1.29, 1.82) is 0 Å². The van der Waals surface area contributed by atoms with E-state index < -0.39 is 0 Å². The van der Waals surface area contributed by atoms with E-state index in [1.54, 1.807) is 19.0 Å². The Morgan fingerprint density at radius 3 is 2.62 bits per heavy atom. The van der Waals surface area contributed by atoms with E-state index in [9.17, 15) is 4.79 Å². The number of amides is 1. The van der Waals surface area contributed by atoms with Gasteiger partial charge in [0.05, 0.1) is 6.10 Å². The fraction of sp³-hybridized carbons (Fsp3) is 0.905. The number of hydrogen-bond donors (Lipinski definition) is 2. The Bertz CT molecular complexity index is 567. The topological polar surface area (TPSA) is 69.2 Å². The number of hydrogen-bond acceptors (Lipinski definition) is 4. The second-order valence-electron chi connectivity index (χ2n) is 8.72. The van der Waals surface area contributed by atoms with Crippen LogP contribution in [0.25, 0.3) is 0 Å². The Morgan fingerprint density at radius 1 is 1.28 bits per heavy atom. The zero-order chi connectivity index (χ0) is 20.1. The SMILES string of the molecule is CCOC1CC(NC(=NCC(=O)N(C)C)NCC2CCCN2CC)C12CCC2.I. The number of aliphatic imine (C=N–C) groups is 1. The van der Waals surface area contributed by atoms with Gasteiger partial charge in [-0.15, -0.1) is 24.0 Å². The summed E-state index contributed by atoms with van der Waals surface area (Å²) in [4.78, 5) is 20.8. The van der Waals surface area contributed by atoms with Gasteiger partial charge in [-0.05, 0) is 52.1 Å². The van der Waals surface area contributed by atoms with Crippen molar-refractivity contribution < 1.29 is 9.53 Å². The van der Waals surface area contributed by atoms with Gasteiger partial charge in [0.25, 0.3) is 0 Å². The van der Waals surface area contributed by atoms with Gasteiger partial charge in [-0.25, -0.2) is 4.99 Å². The molecule has 3 atom stereocenters. The zero-order valence-electron chi connectivity index (χ0n) is 18.6. The Labute approximate surface area is 193 Å². The molecule has 0 aromatic carbocycles. The largest absolute Gasteiger partial charge is 0.378 e. The Morgan fingerprint density at radius 2 is 2.03 bits per heavy atom. The number of ether oxygens (including phenoxy) is 1. The predicted octanol–water partition coefficient (Wildman–Crippen LogP) is 2.06. The average molecular weight is 521 g/mol. The summed E-state index contributed by atoms with van der Waals surface area (Å²) in [6.45, 7) is 8.42. The fourth-order valence-electron chi connectivity index (χ4n) is 5.00. The van der Waals surface area contributed by atoms with Crippen molar-refractivity contribution in [2.45, 2.75) is 70.6 Å². The van der Waals surface area contributed by atoms with Crippen molar-refractivity contribution in [1.82, 2.24) is 20.4 Å². The van der Waals surface area contributed by atoms with Gasteiger partial charge in [0, 0.05) is 44.7 Å². The van der Waals surface area contributed by atoms with E-state index in [1.807, 2.05) is 0 Å². The van der Waals surface area contributed by atoms with E-state index in [0.29, 0.717) is 18.2 Å². The lowest BCUT2D eigenvalue weighted by Gasteiger charge is -2.61. The first-order chi connectivity index (χ1) is 13.5. The molecule has 1 heterocycles. The molecule has 8 heteroatoms. The number of rotatable bonds is 8. The van der Waals surface area contributed by atoms with Crippen molar-refractivity contribution in [2.24, 2.45) is 10.4 Å². The van der Waals surface area contributed by atoms with Gasteiger partial charge in [-0.1, -0.05) is 13.3 Å². The average Bonchev–Trinajstić information content (AvgIpc) is 3.08. The third-order valence-corrected chi connectivity index (χ3v) is 7.03. The van der Waals surface area contributed by atoms with Gasteiger partial charge in [-0.3, -0.25) is 9.69 Å². The van der Waals surface area contributed by atoms with Crippen LogP contribution in [0.3, 0.4) is 0 Å². The molecule has 1 aliphatic heterocycles. The van der Waals surface area contributed by atoms with Gasteiger partial charge in [0.1, 0.15) is 6.54 Å². The van der Waals surface area contributed by atoms with Crippen LogP contribution >= 0.6 is 24.0 Å². The maximum Gasteiger partial charge on any atom is 0.243 e. The lowest BCUT2D eigenvalue weighted by Crippen LogP contribution is -2.68. The van der Waals surface area contributed by atoms with Gasteiger partial charge in [0.15, 0.2) is 5.96 Å². The molecule has 0 radical (unpaired) electrons. The number of halogens is 1. The minimum atomic E-state index is 0. The van der Waals surface area contributed by atoms with E-state index in [4.69, 9.17) is 4.74 Å². The highest BCUT2D eigenvalue weighted by Gasteiger charge is 2.59. The molecule has 1 saturated heterocycles. The third kappa shape index (κ3) is 5.55. The second kappa shape index (κ2) is 11.1. The van der Waals surface area contributed by atoms with Crippen LogP contribution in [0.4, 0.5) is 0 Å². The number of carbonyl (C=O) groups is 1. The normalized spacial score (nSPS) is 28.3. The number of nitrogens with zero attached hydrogens (tertiary/aromatic N) is 3. The van der Waals surface area contributed by atoms with Crippen LogP contribution in [0.15, 0.2) is 4.99 Å². The van der Waals surface area contributed by atoms with Crippen LogP contribution in [0.5, 0.6) is 0 Å². The van der Waals surface area contributed by atoms with Crippen LogP contribution in [0, 0.1) is 5.41 Å². The molecule has 0 aromatic heterocycles. The van der Waals surface area contributed by atoms with Crippen LogP contribution < -0.4 is 10.6 Å². The summed E-state index contributed by atoms with van der Waals surface area (Å²) < 4.78 is 5.98. The first kappa shape index (κ1) is 24.7. The molecule has 1 spiro atoms. The Hall–Kier alpha value is -0.610. The van der Waals surface area contributed by atoms with Crippen molar-refractivity contribution in [3.05, 3.63) is 0 Å². The molecule has 2 N–H and O–H groups in total. The molecular formula is C21H40IN5O2. The summed E-state index contributed by atoms with van der Waals surface area (Å²) >= 11 is 0. The van der Waals surface area contributed by atoms with E-state index >= 15 is 0 Å². The van der Waals surface area contributed by atoms with Crippen molar-refractivity contribution in [2.75, 3.05) is 46.9 Å². The molecule has 168 valence electrons. The highest BCUT2D eigenvalue weighted by atomic mass is 127. The number of likely N-dealkylation sites (N-methyl/N-ethyl adjacent to an activating group) is 2. The maximum absolute atomic E-state index is 12.0. The summed E-state index contributed by atoms with van der Waals surface area (Å²) in [5, 5.41) is 7.19. The van der Waals surface area contributed by atoms with Gasteiger partial charge >= 0.3 is 0 Å². The Kier molecular flexibility index (Phi) is 9.47.